The van der Waals surface area contributed by atoms with Crippen LogP contribution in [0, 0.1) is 19.8 Å². The molecule has 2 amide bonds. The van der Waals surface area contributed by atoms with Gasteiger partial charge in [0, 0.05) is 22.8 Å². The van der Waals surface area contributed by atoms with E-state index in [0.717, 1.165) is 13.0 Å². The molecule has 1 aromatic heterocycles. The summed E-state index contributed by atoms with van der Waals surface area (Å²) in [4.78, 5) is 16.5. The van der Waals surface area contributed by atoms with Crippen LogP contribution in [0.15, 0.2) is 6.07 Å². The third-order valence-electron chi connectivity index (χ3n) is 4.09. The fraction of sp³-hybridized carbons (Fsp3) is 0.667. The molecule has 3 unspecified atom stereocenters. The number of hydrogen-bond acceptors (Lipinski definition) is 3. The molecule has 5 heteroatoms. The van der Waals surface area contributed by atoms with E-state index >= 15 is 0 Å². The quantitative estimate of drug-likeness (QED) is 0.881. The van der Waals surface area contributed by atoms with Crippen LogP contribution in [-0.4, -0.2) is 35.2 Å². The minimum Gasteiger partial charge on any atom is -0.391 e. The summed E-state index contributed by atoms with van der Waals surface area (Å²) in [5, 5.41) is 12.9. The average molecular weight is 296 g/mol. The van der Waals surface area contributed by atoms with Crippen LogP contribution >= 0.6 is 11.3 Å². The predicted octanol–water partition coefficient (Wildman–Crippen LogP) is 2.84. The number of β-amino-alcohol motifs (C(OH)–C–C–N with tert-alkyl or cyclic N) is 1. The Kier molecular flexibility index (Phi) is 4.70. The van der Waals surface area contributed by atoms with Crippen LogP contribution in [-0.2, 0) is 0 Å². The zero-order chi connectivity index (χ0) is 14.9. The standard InChI is InChI=1S/C15H24N2O2S/c1-9-5-6-17(8-14(9)18)15(19)16-11(3)13-7-10(2)20-12(13)4/h7,9,11,14,18H,5-6,8H2,1-4H3,(H,16,19). The third kappa shape index (κ3) is 3.33. The molecule has 0 aromatic carbocycles. The summed E-state index contributed by atoms with van der Waals surface area (Å²) in [6.07, 6.45) is 0.453. The van der Waals surface area contributed by atoms with Gasteiger partial charge < -0.3 is 15.3 Å². The van der Waals surface area contributed by atoms with Crippen molar-refractivity contribution in [2.24, 2.45) is 5.92 Å². The Morgan fingerprint density at radius 3 is 2.80 bits per heavy atom. The van der Waals surface area contributed by atoms with Crippen LogP contribution in [0.1, 0.15) is 41.6 Å². The van der Waals surface area contributed by atoms with Gasteiger partial charge in [-0.3, -0.25) is 0 Å². The lowest BCUT2D eigenvalue weighted by Gasteiger charge is -2.34. The maximum atomic E-state index is 12.3. The number of rotatable bonds is 2. The normalized spacial score (nSPS) is 24.6. The molecule has 1 aromatic rings. The number of carbonyl (C=O) groups is 1. The number of nitrogens with one attached hydrogen (secondary N) is 1. The molecular formula is C15H24N2O2S. The van der Waals surface area contributed by atoms with E-state index in [0.29, 0.717) is 6.54 Å². The van der Waals surface area contributed by atoms with E-state index in [1.54, 1.807) is 16.2 Å². The van der Waals surface area contributed by atoms with Gasteiger partial charge in [0.25, 0.3) is 0 Å². The maximum absolute atomic E-state index is 12.3. The number of aliphatic hydroxyl groups is 1. The Labute approximate surface area is 124 Å². The lowest BCUT2D eigenvalue weighted by molar-refractivity contribution is 0.0431. The summed E-state index contributed by atoms with van der Waals surface area (Å²) in [6, 6.07) is 2.06. The van der Waals surface area contributed by atoms with Crippen LogP contribution < -0.4 is 5.32 Å². The van der Waals surface area contributed by atoms with Gasteiger partial charge in [-0.25, -0.2) is 4.79 Å². The lowest BCUT2D eigenvalue weighted by atomic mass is 9.96. The minimum absolute atomic E-state index is 0.00365. The van der Waals surface area contributed by atoms with Crippen LogP contribution in [0.4, 0.5) is 4.79 Å². The Morgan fingerprint density at radius 1 is 1.55 bits per heavy atom. The number of nitrogens with zero attached hydrogens (tertiary/aromatic N) is 1. The minimum atomic E-state index is -0.407. The Hall–Kier alpha value is -1.07. The van der Waals surface area contributed by atoms with E-state index < -0.39 is 6.10 Å². The van der Waals surface area contributed by atoms with Crippen molar-refractivity contribution in [3.05, 3.63) is 21.4 Å². The number of piperidine rings is 1. The molecule has 2 rings (SSSR count). The molecule has 2 N–H and O–H groups in total. The lowest BCUT2D eigenvalue weighted by Crippen LogP contribution is -2.50. The van der Waals surface area contributed by atoms with Gasteiger partial charge in [-0.1, -0.05) is 6.92 Å². The maximum Gasteiger partial charge on any atom is 0.317 e. The number of amides is 2. The van der Waals surface area contributed by atoms with Crippen molar-refractivity contribution in [1.29, 1.82) is 0 Å². The molecule has 0 spiro atoms. The summed E-state index contributed by atoms with van der Waals surface area (Å²) in [7, 11) is 0. The number of aliphatic hydroxyl groups excluding tert-OH is 1. The topological polar surface area (TPSA) is 52.6 Å². The van der Waals surface area contributed by atoms with E-state index in [1.807, 2.05) is 13.8 Å². The second-order valence-electron chi connectivity index (χ2n) is 5.82. The highest BCUT2D eigenvalue weighted by Gasteiger charge is 2.28. The van der Waals surface area contributed by atoms with Gasteiger partial charge in [0.1, 0.15) is 0 Å². The van der Waals surface area contributed by atoms with Crippen molar-refractivity contribution >= 4 is 17.4 Å². The van der Waals surface area contributed by atoms with E-state index in [1.165, 1.54) is 15.3 Å². The van der Waals surface area contributed by atoms with Gasteiger partial charge in [0.2, 0.25) is 0 Å². The summed E-state index contributed by atoms with van der Waals surface area (Å²) >= 11 is 1.76. The third-order valence-corrected chi connectivity index (χ3v) is 5.07. The van der Waals surface area contributed by atoms with E-state index in [-0.39, 0.29) is 18.0 Å². The highest BCUT2D eigenvalue weighted by atomic mass is 32.1. The van der Waals surface area contributed by atoms with Crippen molar-refractivity contribution < 1.29 is 9.90 Å². The van der Waals surface area contributed by atoms with Crippen molar-refractivity contribution in [2.75, 3.05) is 13.1 Å². The SMILES string of the molecule is Cc1cc(C(C)NC(=O)N2CCC(C)C(O)C2)c(C)s1. The van der Waals surface area contributed by atoms with Gasteiger partial charge >= 0.3 is 6.03 Å². The Balaban J connectivity index is 1.96. The summed E-state index contributed by atoms with van der Waals surface area (Å²) < 4.78 is 0. The first-order chi connectivity index (χ1) is 9.38. The Bertz CT molecular complexity index is 486. The highest BCUT2D eigenvalue weighted by molar-refractivity contribution is 7.12. The predicted molar refractivity (Wildman–Crippen MR) is 82.1 cm³/mol. The van der Waals surface area contributed by atoms with Crippen LogP contribution in [0.5, 0.6) is 0 Å². The van der Waals surface area contributed by atoms with Crippen LogP contribution in [0.3, 0.4) is 0 Å². The smallest absolute Gasteiger partial charge is 0.317 e. The van der Waals surface area contributed by atoms with Gasteiger partial charge in [-0.15, -0.1) is 11.3 Å². The second kappa shape index (κ2) is 6.14. The number of thiophene rings is 1. The van der Waals surface area contributed by atoms with Crippen molar-refractivity contribution in [3.63, 3.8) is 0 Å². The number of urea groups is 1. The molecule has 112 valence electrons. The molecule has 0 aliphatic carbocycles. The summed E-state index contributed by atoms with van der Waals surface area (Å²) in [5.41, 5.74) is 1.19. The number of hydrogen-bond donors (Lipinski definition) is 2. The molecule has 4 nitrogen and oxygen atoms in total. The number of aryl methyl sites for hydroxylation is 2. The van der Waals surface area contributed by atoms with Crippen molar-refractivity contribution in [2.45, 2.75) is 46.3 Å². The fourth-order valence-electron chi connectivity index (χ4n) is 2.67. The molecule has 2 heterocycles. The van der Waals surface area contributed by atoms with Crippen LogP contribution in [0.25, 0.3) is 0 Å². The molecule has 0 saturated carbocycles. The van der Waals surface area contributed by atoms with Gasteiger partial charge in [0.05, 0.1) is 12.1 Å². The number of carbonyl (C=O) groups excluding carboxylic acids is 1. The molecule has 1 aliphatic rings. The van der Waals surface area contributed by atoms with Crippen molar-refractivity contribution in [3.8, 4) is 0 Å². The molecule has 20 heavy (non-hydrogen) atoms. The molecule has 1 fully saturated rings. The first-order valence-electron chi connectivity index (χ1n) is 7.19. The zero-order valence-electron chi connectivity index (χ0n) is 12.6. The molecular weight excluding hydrogens is 272 g/mol. The van der Waals surface area contributed by atoms with E-state index in [9.17, 15) is 9.90 Å². The molecule has 0 radical (unpaired) electrons. The number of likely N-dealkylation sites (tertiary alicyclic amines) is 1. The monoisotopic (exact) mass is 296 g/mol. The zero-order valence-corrected chi connectivity index (χ0v) is 13.5. The van der Waals surface area contributed by atoms with Gasteiger partial charge in [-0.05, 0) is 44.7 Å². The van der Waals surface area contributed by atoms with Gasteiger partial charge in [0.15, 0.2) is 0 Å². The molecule has 1 saturated heterocycles. The first kappa shape index (κ1) is 15.3. The largest absolute Gasteiger partial charge is 0.391 e. The molecule has 3 atom stereocenters. The summed E-state index contributed by atoms with van der Waals surface area (Å²) in [6.45, 7) is 9.36. The van der Waals surface area contributed by atoms with Gasteiger partial charge in [-0.2, -0.15) is 0 Å². The first-order valence-corrected chi connectivity index (χ1v) is 8.00. The average Bonchev–Trinajstić information content (AvgIpc) is 2.71. The second-order valence-corrected chi connectivity index (χ2v) is 7.28. The molecule has 1 aliphatic heterocycles. The van der Waals surface area contributed by atoms with Crippen LogP contribution in [0.2, 0.25) is 0 Å². The highest BCUT2D eigenvalue weighted by Crippen LogP contribution is 2.26. The van der Waals surface area contributed by atoms with Crippen molar-refractivity contribution in [1.82, 2.24) is 10.2 Å². The molecule has 0 bridgehead atoms. The van der Waals surface area contributed by atoms with E-state index in [4.69, 9.17) is 0 Å². The Morgan fingerprint density at radius 2 is 2.25 bits per heavy atom. The fourth-order valence-corrected chi connectivity index (χ4v) is 3.69. The summed E-state index contributed by atoms with van der Waals surface area (Å²) in [5.74, 6) is 0.276. The van der Waals surface area contributed by atoms with E-state index in [2.05, 4.69) is 25.2 Å².